The van der Waals surface area contributed by atoms with E-state index in [1.165, 1.54) is 6.42 Å². The molecular weight excluding hydrogens is 366 g/mol. The minimum Gasteiger partial charge on any atom is -0.454 e. The molecule has 0 bridgehead atoms. The van der Waals surface area contributed by atoms with Gasteiger partial charge in [-0.2, -0.15) is 0 Å². The number of hydrogen-bond donors (Lipinski definition) is 0. The van der Waals surface area contributed by atoms with Crippen molar-refractivity contribution in [1.82, 2.24) is 14.9 Å². The van der Waals surface area contributed by atoms with Gasteiger partial charge in [-0.1, -0.05) is 37.5 Å². The first-order valence-electron chi connectivity index (χ1n) is 10.2. The number of ether oxygens (including phenoxy) is 2. The number of fused-ring (bicyclic) bond motifs is 2. The van der Waals surface area contributed by atoms with Crippen LogP contribution < -0.4 is 9.47 Å². The van der Waals surface area contributed by atoms with Crippen molar-refractivity contribution < 1.29 is 14.3 Å². The average Bonchev–Trinajstić information content (AvgIpc) is 3.25. The van der Waals surface area contributed by atoms with Gasteiger partial charge < -0.3 is 14.4 Å². The van der Waals surface area contributed by atoms with Gasteiger partial charge in [0.05, 0.1) is 17.2 Å². The molecular formula is C23H23N3O3. The lowest BCUT2D eigenvalue weighted by atomic mass is 9.93. The smallest absolute Gasteiger partial charge is 0.274 e. The molecule has 2 aliphatic rings. The molecule has 2 aromatic carbocycles. The van der Waals surface area contributed by atoms with Crippen molar-refractivity contribution in [3.8, 4) is 11.5 Å². The molecule has 3 aromatic rings. The van der Waals surface area contributed by atoms with Gasteiger partial charge in [0, 0.05) is 12.6 Å². The van der Waals surface area contributed by atoms with Gasteiger partial charge in [0.25, 0.3) is 5.91 Å². The van der Waals surface area contributed by atoms with E-state index in [1.807, 2.05) is 47.4 Å². The van der Waals surface area contributed by atoms with Crippen molar-refractivity contribution in [3.63, 3.8) is 0 Å². The van der Waals surface area contributed by atoms with Crippen LogP contribution in [-0.2, 0) is 6.54 Å². The number of carbonyl (C=O) groups excluding carboxylic acids is 1. The molecule has 29 heavy (non-hydrogen) atoms. The van der Waals surface area contributed by atoms with Crippen LogP contribution in [0.25, 0.3) is 11.0 Å². The zero-order chi connectivity index (χ0) is 19.6. The maximum absolute atomic E-state index is 13.5. The maximum Gasteiger partial charge on any atom is 0.274 e. The first-order valence-corrected chi connectivity index (χ1v) is 10.2. The standard InChI is InChI=1S/C23H23N3O3/c27-23(20-13-24-18-8-4-5-9-19(18)25-20)26(17-6-2-1-3-7-17)14-16-10-11-21-22(12-16)29-15-28-21/h4-5,8-13,17H,1-3,6-7,14-15H2. The number of para-hydroxylation sites is 2. The Balaban J connectivity index is 1.46. The molecule has 148 valence electrons. The number of benzene rings is 2. The highest BCUT2D eigenvalue weighted by molar-refractivity contribution is 5.94. The third kappa shape index (κ3) is 3.62. The van der Waals surface area contributed by atoms with Crippen LogP contribution in [0, 0.1) is 0 Å². The van der Waals surface area contributed by atoms with E-state index >= 15 is 0 Å². The largest absolute Gasteiger partial charge is 0.454 e. The van der Waals surface area contributed by atoms with E-state index in [2.05, 4.69) is 9.97 Å². The topological polar surface area (TPSA) is 64.6 Å². The molecule has 6 nitrogen and oxygen atoms in total. The molecule has 0 saturated heterocycles. The lowest BCUT2D eigenvalue weighted by Crippen LogP contribution is -2.41. The fraction of sp³-hybridized carbons (Fsp3) is 0.348. The van der Waals surface area contributed by atoms with Crippen molar-refractivity contribution in [1.29, 1.82) is 0 Å². The van der Waals surface area contributed by atoms with Crippen molar-refractivity contribution in [2.24, 2.45) is 0 Å². The summed E-state index contributed by atoms with van der Waals surface area (Å²) in [7, 11) is 0. The molecule has 2 heterocycles. The Morgan fingerprint density at radius 2 is 1.79 bits per heavy atom. The summed E-state index contributed by atoms with van der Waals surface area (Å²) >= 11 is 0. The van der Waals surface area contributed by atoms with Gasteiger partial charge in [-0.15, -0.1) is 0 Å². The van der Waals surface area contributed by atoms with Crippen molar-refractivity contribution in [2.75, 3.05) is 6.79 Å². The molecule has 1 aliphatic carbocycles. The predicted molar refractivity (Wildman–Crippen MR) is 109 cm³/mol. The Bertz CT molecular complexity index is 1050. The summed E-state index contributed by atoms with van der Waals surface area (Å²) in [4.78, 5) is 24.5. The summed E-state index contributed by atoms with van der Waals surface area (Å²) in [6.45, 7) is 0.769. The lowest BCUT2D eigenvalue weighted by Gasteiger charge is -2.34. The molecule has 0 radical (unpaired) electrons. The molecule has 1 aliphatic heterocycles. The monoisotopic (exact) mass is 389 g/mol. The van der Waals surface area contributed by atoms with Gasteiger partial charge in [-0.3, -0.25) is 9.78 Å². The summed E-state index contributed by atoms with van der Waals surface area (Å²) in [5.41, 5.74) is 2.96. The minimum atomic E-state index is -0.0622. The number of carbonyl (C=O) groups is 1. The molecule has 5 rings (SSSR count). The molecule has 1 aromatic heterocycles. The lowest BCUT2D eigenvalue weighted by molar-refractivity contribution is 0.0608. The number of rotatable bonds is 4. The van der Waals surface area contributed by atoms with E-state index in [0.29, 0.717) is 12.2 Å². The van der Waals surface area contributed by atoms with Crippen LogP contribution in [0.5, 0.6) is 11.5 Å². The third-order valence-electron chi connectivity index (χ3n) is 5.73. The zero-order valence-corrected chi connectivity index (χ0v) is 16.2. The summed E-state index contributed by atoms with van der Waals surface area (Å²) in [6, 6.07) is 13.7. The second-order valence-electron chi connectivity index (χ2n) is 7.66. The van der Waals surface area contributed by atoms with E-state index in [0.717, 1.165) is 53.8 Å². The number of aromatic nitrogens is 2. The first-order chi connectivity index (χ1) is 14.3. The Kier molecular flexibility index (Phi) is 4.76. The van der Waals surface area contributed by atoms with E-state index in [1.54, 1.807) is 6.20 Å². The second kappa shape index (κ2) is 7.70. The Morgan fingerprint density at radius 3 is 2.66 bits per heavy atom. The first kappa shape index (κ1) is 17.9. The molecule has 1 fully saturated rings. The Hall–Kier alpha value is -3.15. The van der Waals surface area contributed by atoms with Crippen LogP contribution in [0.4, 0.5) is 0 Å². The fourth-order valence-corrected chi connectivity index (χ4v) is 4.20. The van der Waals surface area contributed by atoms with Crippen molar-refractivity contribution in [2.45, 2.75) is 44.7 Å². The van der Waals surface area contributed by atoms with E-state index in [-0.39, 0.29) is 18.7 Å². The minimum absolute atomic E-state index is 0.0622. The van der Waals surface area contributed by atoms with Crippen LogP contribution in [-0.4, -0.2) is 33.6 Å². The molecule has 0 N–H and O–H groups in total. The van der Waals surface area contributed by atoms with Gasteiger partial charge >= 0.3 is 0 Å². The summed E-state index contributed by atoms with van der Waals surface area (Å²) in [5, 5.41) is 0. The molecule has 6 heteroatoms. The molecule has 0 unspecified atom stereocenters. The molecule has 1 amide bonds. The number of hydrogen-bond acceptors (Lipinski definition) is 5. The number of amides is 1. The van der Waals surface area contributed by atoms with Gasteiger partial charge in [0.15, 0.2) is 11.5 Å². The van der Waals surface area contributed by atoms with E-state index < -0.39 is 0 Å². The zero-order valence-electron chi connectivity index (χ0n) is 16.2. The Labute approximate surface area is 169 Å². The van der Waals surface area contributed by atoms with Gasteiger partial charge in [-0.05, 0) is 42.7 Å². The van der Waals surface area contributed by atoms with Crippen LogP contribution in [0.2, 0.25) is 0 Å². The van der Waals surface area contributed by atoms with Gasteiger partial charge in [0.1, 0.15) is 5.69 Å². The number of nitrogens with zero attached hydrogens (tertiary/aromatic N) is 3. The van der Waals surface area contributed by atoms with Crippen molar-refractivity contribution >= 4 is 16.9 Å². The summed E-state index contributed by atoms with van der Waals surface area (Å²) < 4.78 is 10.9. The highest BCUT2D eigenvalue weighted by atomic mass is 16.7. The second-order valence-corrected chi connectivity index (χ2v) is 7.66. The van der Waals surface area contributed by atoms with Gasteiger partial charge in [0.2, 0.25) is 6.79 Å². The average molecular weight is 389 g/mol. The SMILES string of the molecule is O=C(c1cnc2ccccc2n1)N(Cc1ccc2c(c1)OCO2)C1CCCCC1. The third-order valence-corrected chi connectivity index (χ3v) is 5.73. The summed E-state index contributed by atoms with van der Waals surface area (Å²) in [5.74, 6) is 1.43. The highest BCUT2D eigenvalue weighted by Gasteiger charge is 2.28. The molecule has 0 spiro atoms. The van der Waals surface area contributed by atoms with Crippen LogP contribution in [0.1, 0.15) is 48.2 Å². The fourth-order valence-electron chi connectivity index (χ4n) is 4.20. The van der Waals surface area contributed by atoms with Crippen LogP contribution in [0.3, 0.4) is 0 Å². The maximum atomic E-state index is 13.5. The van der Waals surface area contributed by atoms with Crippen LogP contribution >= 0.6 is 0 Å². The summed E-state index contributed by atoms with van der Waals surface area (Å²) in [6.07, 6.45) is 7.19. The van der Waals surface area contributed by atoms with E-state index in [4.69, 9.17) is 9.47 Å². The Morgan fingerprint density at radius 1 is 1.00 bits per heavy atom. The quantitative estimate of drug-likeness (QED) is 0.664. The normalized spacial score (nSPS) is 16.1. The molecule has 0 atom stereocenters. The molecule has 1 saturated carbocycles. The predicted octanol–water partition coefficient (Wildman–Crippen LogP) is 4.33. The van der Waals surface area contributed by atoms with Gasteiger partial charge in [-0.25, -0.2) is 4.98 Å². The van der Waals surface area contributed by atoms with Crippen molar-refractivity contribution in [3.05, 3.63) is 59.9 Å². The van der Waals surface area contributed by atoms with E-state index in [9.17, 15) is 4.79 Å². The highest BCUT2D eigenvalue weighted by Crippen LogP contribution is 2.34. The van der Waals surface area contributed by atoms with Crippen LogP contribution in [0.15, 0.2) is 48.7 Å².